The summed E-state index contributed by atoms with van der Waals surface area (Å²) in [4.78, 5) is 28.9. The molecule has 2 aromatic rings. The summed E-state index contributed by atoms with van der Waals surface area (Å²) in [6.07, 6.45) is 1.14. The molecule has 2 aliphatic rings. The lowest BCUT2D eigenvalue weighted by Gasteiger charge is -2.33. The molecule has 31 heavy (non-hydrogen) atoms. The summed E-state index contributed by atoms with van der Waals surface area (Å²) in [7, 11) is 0. The van der Waals surface area contributed by atoms with E-state index in [1.807, 2.05) is 31.2 Å². The molecular weight excluding hydrogens is 402 g/mol. The van der Waals surface area contributed by atoms with Gasteiger partial charge in [-0.3, -0.25) is 9.59 Å². The third-order valence-corrected chi connectivity index (χ3v) is 6.00. The van der Waals surface area contributed by atoms with Crippen LogP contribution in [0, 0.1) is 24.5 Å². The zero-order valence-electron chi connectivity index (χ0n) is 17.5. The van der Waals surface area contributed by atoms with Crippen LogP contribution in [0.1, 0.15) is 30.4 Å². The van der Waals surface area contributed by atoms with Crippen molar-refractivity contribution in [2.45, 2.75) is 38.8 Å². The number of hydrogen-bond donors (Lipinski definition) is 0. The fourth-order valence-corrected chi connectivity index (χ4v) is 4.21. The second-order valence-corrected chi connectivity index (χ2v) is 8.38. The first-order valence-electron chi connectivity index (χ1n) is 10.6. The van der Waals surface area contributed by atoms with Crippen LogP contribution in [0.25, 0.3) is 0 Å². The van der Waals surface area contributed by atoms with E-state index in [9.17, 15) is 18.4 Å². The summed E-state index contributed by atoms with van der Waals surface area (Å²) < 4.78 is 32.5. The molecular formula is C24H26F2N2O3. The molecule has 4 rings (SSSR count). The third-order valence-electron chi connectivity index (χ3n) is 6.00. The summed E-state index contributed by atoms with van der Waals surface area (Å²) in [6, 6.07) is 11.3. The van der Waals surface area contributed by atoms with Crippen molar-refractivity contribution in [1.29, 1.82) is 0 Å². The van der Waals surface area contributed by atoms with Gasteiger partial charge >= 0.3 is 0 Å². The number of amides is 2. The topological polar surface area (TPSA) is 49.9 Å². The predicted molar refractivity (Wildman–Crippen MR) is 111 cm³/mol. The molecule has 1 unspecified atom stereocenters. The number of carbonyl (C=O) groups excluding carboxylic acids is 2. The fraction of sp³-hybridized carbons (Fsp3) is 0.417. The number of piperidine rings is 1. The highest BCUT2D eigenvalue weighted by Crippen LogP contribution is 2.26. The molecule has 2 fully saturated rings. The lowest BCUT2D eigenvalue weighted by Crippen LogP contribution is -2.44. The van der Waals surface area contributed by atoms with Crippen molar-refractivity contribution in [3.8, 4) is 5.75 Å². The molecule has 2 saturated heterocycles. The molecule has 0 saturated carbocycles. The number of ether oxygens (including phenoxy) is 1. The van der Waals surface area contributed by atoms with Gasteiger partial charge in [-0.15, -0.1) is 0 Å². The molecule has 0 radical (unpaired) electrons. The summed E-state index contributed by atoms with van der Waals surface area (Å²) >= 11 is 0. The van der Waals surface area contributed by atoms with E-state index in [1.165, 1.54) is 11.6 Å². The van der Waals surface area contributed by atoms with Gasteiger partial charge in [0.25, 0.3) is 0 Å². The number of rotatable bonds is 5. The van der Waals surface area contributed by atoms with Crippen molar-refractivity contribution in [3.05, 3.63) is 65.2 Å². The van der Waals surface area contributed by atoms with Crippen molar-refractivity contribution < 1.29 is 23.1 Å². The SMILES string of the molecule is Cc1ccc(CN2CC(C(=O)N3CCC(Oc4ccc(F)cc4F)CC3)CC2=O)cc1. The van der Waals surface area contributed by atoms with Gasteiger partial charge in [0.15, 0.2) is 11.6 Å². The van der Waals surface area contributed by atoms with E-state index in [-0.39, 0.29) is 36.0 Å². The molecule has 0 aliphatic carbocycles. The number of carbonyl (C=O) groups is 2. The zero-order valence-corrected chi connectivity index (χ0v) is 17.5. The Morgan fingerprint density at radius 1 is 1.10 bits per heavy atom. The first-order valence-corrected chi connectivity index (χ1v) is 10.6. The molecule has 1 atom stereocenters. The maximum Gasteiger partial charge on any atom is 0.227 e. The number of likely N-dealkylation sites (tertiary alicyclic amines) is 2. The van der Waals surface area contributed by atoms with Crippen molar-refractivity contribution in [3.63, 3.8) is 0 Å². The van der Waals surface area contributed by atoms with E-state index in [0.717, 1.165) is 17.7 Å². The Hall–Kier alpha value is -2.96. The van der Waals surface area contributed by atoms with E-state index in [0.29, 0.717) is 39.0 Å². The van der Waals surface area contributed by atoms with Crippen LogP contribution in [0.2, 0.25) is 0 Å². The maximum atomic E-state index is 13.8. The Kier molecular flexibility index (Phi) is 6.20. The molecule has 0 bridgehead atoms. The van der Waals surface area contributed by atoms with E-state index in [2.05, 4.69) is 0 Å². The predicted octanol–water partition coefficient (Wildman–Crippen LogP) is 3.69. The Labute approximate surface area is 180 Å². The quantitative estimate of drug-likeness (QED) is 0.730. The molecule has 2 amide bonds. The zero-order chi connectivity index (χ0) is 22.0. The van der Waals surface area contributed by atoms with Crippen molar-refractivity contribution in [2.75, 3.05) is 19.6 Å². The molecule has 2 aromatic carbocycles. The summed E-state index contributed by atoms with van der Waals surface area (Å²) in [5.74, 6) is -1.68. The number of hydrogen-bond acceptors (Lipinski definition) is 3. The lowest BCUT2D eigenvalue weighted by molar-refractivity contribution is -0.137. The van der Waals surface area contributed by atoms with Gasteiger partial charge in [0.1, 0.15) is 11.9 Å². The van der Waals surface area contributed by atoms with Gasteiger partial charge < -0.3 is 14.5 Å². The highest BCUT2D eigenvalue weighted by Gasteiger charge is 2.37. The Bertz CT molecular complexity index is 956. The monoisotopic (exact) mass is 428 g/mol. The van der Waals surface area contributed by atoms with E-state index < -0.39 is 11.6 Å². The number of aryl methyl sites for hydroxylation is 1. The molecule has 0 spiro atoms. The lowest BCUT2D eigenvalue weighted by atomic mass is 10.0. The summed E-state index contributed by atoms with van der Waals surface area (Å²) in [5.41, 5.74) is 2.22. The van der Waals surface area contributed by atoms with Crippen LogP contribution in [0.15, 0.2) is 42.5 Å². The van der Waals surface area contributed by atoms with Gasteiger partial charge in [0.2, 0.25) is 11.8 Å². The first kappa shape index (κ1) is 21.3. The summed E-state index contributed by atoms with van der Waals surface area (Å²) in [6.45, 7) is 3.96. The van der Waals surface area contributed by atoms with Gasteiger partial charge in [-0.1, -0.05) is 29.8 Å². The average molecular weight is 428 g/mol. The Morgan fingerprint density at radius 2 is 1.81 bits per heavy atom. The number of benzene rings is 2. The Morgan fingerprint density at radius 3 is 2.48 bits per heavy atom. The van der Waals surface area contributed by atoms with Crippen molar-refractivity contribution in [1.82, 2.24) is 9.80 Å². The van der Waals surface area contributed by atoms with Gasteiger partial charge in [0, 0.05) is 51.5 Å². The molecule has 2 aliphatic heterocycles. The van der Waals surface area contributed by atoms with Crippen molar-refractivity contribution in [2.24, 2.45) is 5.92 Å². The van der Waals surface area contributed by atoms with E-state index >= 15 is 0 Å². The van der Waals surface area contributed by atoms with Gasteiger partial charge in [-0.05, 0) is 24.6 Å². The van der Waals surface area contributed by atoms with Crippen molar-refractivity contribution >= 4 is 11.8 Å². The molecule has 5 nitrogen and oxygen atoms in total. The van der Waals surface area contributed by atoms with Crippen LogP contribution in [0.3, 0.4) is 0 Å². The highest BCUT2D eigenvalue weighted by atomic mass is 19.1. The summed E-state index contributed by atoms with van der Waals surface area (Å²) in [5, 5.41) is 0. The maximum absolute atomic E-state index is 13.8. The van der Waals surface area contributed by atoms with Crippen LogP contribution < -0.4 is 4.74 Å². The minimum absolute atomic E-state index is 0.00364. The minimum atomic E-state index is -0.725. The standard InChI is InChI=1S/C24H26F2N2O3/c1-16-2-4-17(5-3-16)14-28-15-18(12-23(28)29)24(30)27-10-8-20(9-11-27)31-22-7-6-19(25)13-21(22)26/h2-7,13,18,20H,8-12,14-15H2,1H3. The third kappa shape index (κ3) is 5.03. The van der Waals surface area contributed by atoms with Crippen LogP contribution >= 0.6 is 0 Å². The molecule has 0 aromatic heterocycles. The van der Waals surface area contributed by atoms with Crippen LogP contribution in [0.4, 0.5) is 8.78 Å². The minimum Gasteiger partial charge on any atom is -0.487 e. The van der Waals surface area contributed by atoms with Gasteiger partial charge in [-0.2, -0.15) is 0 Å². The van der Waals surface area contributed by atoms with Crippen LogP contribution in [0.5, 0.6) is 5.75 Å². The smallest absolute Gasteiger partial charge is 0.227 e. The fourth-order valence-electron chi connectivity index (χ4n) is 4.21. The van der Waals surface area contributed by atoms with Gasteiger partial charge in [0.05, 0.1) is 5.92 Å². The first-order chi connectivity index (χ1) is 14.9. The normalized spacial score (nSPS) is 19.7. The van der Waals surface area contributed by atoms with E-state index in [1.54, 1.807) is 9.80 Å². The largest absolute Gasteiger partial charge is 0.487 e. The number of halogens is 2. The van der Waals surface area contributed by atoms with Crippen LogP contribution in [-0.2, 0) is 16.1 Å². The molecule has 0 N–H and O–H groups in total. The molecule has 7 heteroatoms. The highest BCUT2D eigenvalue weighted by molar-refractivity contribution is 5.89. The number of nitrogens with zero attached hydrogens (tertiary/aromatic N) is 2. The van der Waals surface area contributed by atoms with Crippen LogP contribution in [-0.4, -0.2) is 47.4 Å². The average Bonchev–Trinajstić information content (AvgIpc) is 3.12. The van der Waals surface area contributed by atoms with E-state index in [4.69, 9.17) is 4.74 Å². The molecule has 164 valence electrons. The second kappa shape index (κ2) is 9.04. The van der Waals surface area contributed by atoms with Gasteiger partial charge in [-0.25, -0.2) is 8.78 Å². The molecule has 2 heterocycles. The second-order valence-electron chi connectivity index (χ2n) is 8.38. The Balaban J connectivity index is 1.28.